The van der Waals surface area contributed by atoms with E-state index in [4.69, 9.17) is 11.6 Å². The van der Waals surface area contributed by atoms with Crippen LogP contribution in [0.3, 0.4) is 0 Å². The summed E-state index contributed by atoms with van der Waals surface area (Å²) >= 11 is 6.05. The second-order valence-electron chi connectivity index (χ2n) is 5.95. The smallest absolute Gasteiger partial charge is 0.252 e. The highest BCUT2D eigenvalue weighted by Crippen LogP contribution is 2.22. The van der Waals surface area contributed by atoms with Crippen LogP contribution in [0.15, 0.2) is 47.4 Å². The van der Waals surface area contributed by atoms with E-state index in [-0.39, 0.29) is 21.2 Å². The Labute approximate surface area is 158 Å². The molecule has 2 rings (SSSR count). The second-order valence-corrected chi connectivity index (χ2v) is 8.51. The molecule has 0 saturated heterocycles. The number of carbonyl (C=O) groups excluding carboxylic acids is 1. The summed E-state index contributed by atoms with van der Waals surface area (Å²) in [6, 6.07) is 10.9. The molecule has 2 aromatic rings. The molecule has 2 aromatic carbocycles. The van der Waals surface area contributed by atoms with Crippen molar-refractivity contribution < 1.29 is 18.3 Å². The zero-order valence-electron chi connectivity index (χ0n) is 14.6. The fraction of sp³-hybridized carbons (Fsp3) is 0.278. The molecule has 0 aliphatic heterocycles. The maximum absolute atomic E-state index is 12.3. The Balaban J connectivity index is 1.99. The summed E-state index contributed by atoms with van der Waals surface area (Å²) in [5.74, 6) is -0.208. The second kappa shape index (κ2) is 8.53. The number of halogens is 1. The number of carbonyl (C=O) groups is 1. The number of hydrogen-bond acceptors (Lipinski definition) is 4. The lowest BCUT2D eigenvalue weighted by atomic mass is 10.1. The minimum Gasteiger partial charge on any atom is -0.508 e. The van der Waals surface area contributed by atoms with Gasteiger partial charge in [-0.15, -0.1) is 0 Å². The van der Waals surface area contributed by atoms with Crippen LogP contribution in [0.5, 0.6) is 5.75 Å². The van der Waals surface area contributed by atoms with Gasteiger partial charge in [-0.05, 0) is 48.7 Å². The third kappa shape index (κ3) is 4.97. The number of amides is 1. The molecule has 0 fully saturated rings. The first-order valence-electron chi connectivity index (χ1n) is 8.00. The molecule has 0 saturated carbocycles. The zero-order chi connectivity index (χ0) is 19.3. The summed E-state index contributed by atoms with van der Waals surface area (Å²) < 4.78 is 25.5. The molecule has 2 N–H and O–H groups in total. The van der Waals surface area contributed by atoms with Crippen molar-refractivity contribution in [2.75, 3.05) is 20.6 Å². The van der Waals surface area contributed by atoms with Gasteiger partial charge in [0.15, 0.2) is 0 Å². The van der Waals surface area contributed by atoms with Crippen molar-refractivity contribution in [1.82, 2.24) is 9.62 Å². The largest absolute Gasteiger partial charge is 0.508 e. The van der Waals surface area contributed by atoms with Crippen LogP contribution >= 0.6 is 11.6 Å². The summed E-state index contributed by atoms with van der Waals surface area (Å²) in [6.45, 7) is 0.417. The van der Waals surface area contributed by atoms with E-state index in [9.17, 15) is 18.3 Å². The molecule has 0 aliphatic carbocycles. The van der Waals surface area contributed by atoms with Crippen LogP contribution in [0.1, 0.15) is 22.3 Å². The number of aromatic hydroxyl groups is 1. The molecule has 0 atom stereocenters. The number of nitrogens with zero attached hydrogens (tertiary/aromatic N) is 1. The molecule has 140 valence electrons. The number of rotatable bonds is 7. The molecule has 8 heteroatoms. The Bertz CT molecular complexity index is 881. The number of nitrogens with one attached hydrogen (secondary N) is 1. The Morgan fingerprint density at radius 3 is 2.42 bits per heavy atom. The van der Waals surface area contributed by atoms with Crippen LogP contribution < -0.4 is 5.32 Å². The first-order chi connectivity index (χ1) is 12.2. The molecule has 0 spiro atoms. The van der Waals surface area contributed by atoms with Crippen molar-refractivity contribution in [3.05, 3.63) is 58.6 Å². The molecule has 0 heterocycles. The third-order valence-electron chi connectivity index (χ3n) is 3.83. The topological polar surface area (TPSA) is 86.7 Å². The van der Waals surface area contributed by atoms with Gasteiger partial charge >= 0.3 is 0 Å². The van der Waals surface area contributed by atoms with Crippen molar-refractivity contribution in [3.63, 3.8) is 0 Å². The molecule has 0 aromatic heterocycles. The van der Waals surface area contributed by atoms with E-state index in [1.165, 1.54) is 32.3 Å². The lowest BCUT2D eigenvalue weighted by molar-refractivity contribution is 0.0953. The SMILES string of the molecule is CN(C)S(=O)(=O)c1ccc(Cl)c(C(=O)NCCCc2ccc(O)cc2)c1. The van der Waals surface area contributed by atoms with E-state index in [1.807, 2.05) is 12.1 Å². The fourth-order valence-electron chi connectivity index (χ4n) is 2.30. The summed E-state index contributed by atoms with van der Waals surface area (Å²) in [5.41, 5.74) is 1.17. The van der Waals surface area contributed by atoms with Crippen molar-refractivity contribution in [2.45, 2.75) is 17.7 Å². The van der Waals surface area contributed by atoms with Gasteiger partial charge in [0.2, 0.25) is 10.0 Å². The van der Waals surface area contributed by atoms with Gasteiger partial charge in [-0.2, -0.15) is 0 Å². The van der Waals surface area contributed by atoms with Gasteiger partial charge in [0, 0.05) is 20.6 Å². The average molecular weight is 397 g/mol. The molecule has 0 radical (unpaired) electrons. The van der Waals surface area contributed by atoms with Crippen LogP contribution in [0.2, 0.25) is 5.02 Å². The average Bonchev–Trinajstić information content (AvgIpc) is 2.60. The summed E-state index contributed by atoms with van der Waals surface area (Å²) in [4.78, 5) is 12.3. The standard InChI is InChI=1S/C18H21ClN2O4S/c1-21(2)26(24,25)15-9-10-17(19)16(12-15)18(23)20-11-3-4-13-5-7-14(22)8-6-13/h5-10,12,22H,3-4,11H2,1-2H3,(H,20,23). The van der Waals surface area contributed by atoms with Gasteiger partial charge in [0.05, 0.1) is 15.5 Å². The normalized spacial score (nSPS) is 11.5. The quantitative estimate of drug-likeness (QED) is 0.704. The lowest BCUT2D eigenvalue weighted by Crippen LogP contribution is -2.26. The molecule has 0 aliphatic rings. The van der Waals surface area contributed by atoms with Crippen molar-refractivity contribution in [2.24, 2.45) is 0 Å². The summed E-state index contributed by atoms with van der Waals surface area (Å²) in [6.07, 6.45) is 1.44. The van der Waals surface area contributed by atoms with Gasteiger partial charge < -0.3 is 10.4 Å². The van der Waals surface area contributed by atoms with E-state index in [1.54, 1.807) is 12.1 Å². The predicted octanol–water partition coefficient (Wildman–Crippen LogP) is 2.66. The number of phenols is 1. The van der Waals surface area contributed by atoms with Crippen molar-refractivity contribution in [1.29, 1.82) is 0 Å². The van der Waals surface area contributed by atoms with Crippen LogP contribution in [-0.2, 0) is 16.4 Å². The van der Waals surface area contributed by atoms with Crippen LogP contribution in [0.25, 0.3) is 0 Å². The summed E-state index contributed by atoms with van der Waals surface area (Å²) in [7, 11) is -0.793. The number of sulfonamides is 1. The van der Waals surface area contributed by atoms with E-state index >= 15 is 0 Å². The highest BCUT2D eigenvalue weighted by Gasteiger charge is 2.20. The van der Waals surface area contributed by atoms with Crippen LogP contribution in [0, 0.1) is 0 Å². The van der Waals surface area contributed by atoms with E-state index in [0.29, 0.717) is 13.0 Å². The minimum atomic E-state index is -3.64. The van der Waals surface area contributed by atoms with Gasteiger partial charge in [0.25, 0.3) is 5.91 Å². The first kappa shape index (κ1) is 20.2. The molecular weight excluding hydrogens is 376 g/mol. The first-order valence-corrected chi connectivity index (χ1v) is 9.82. The minimum absolute atomic E-state index is 0.0149. The predicted molar refractivity (Wildman–Crippen MR) is 101 cm³/mol. The third-order valence-corrected chi connectivity index (χ3v) is 5.97. The molecule has 6 nitrogen and oxygen atoms in total. The highest BCUT2D eigenvalue weighted by molar-refractivity contribution is 7.89. The Kier molecular flexibility index (Phi) is 6.63. The van der Waals surface area contributed by atoms with Crippen molar-refractivity contribution in [3.8, 4) is 5.75 Å². The van der Waals surface area contributed by atoms with Gasteiger partial charge in [0.1, 0.15) is 5.75 Å². The molecule has 0 bridgehead atoms. The van der Waals surface area contributed by atoms with Gasteiger partial charge in [-0.3, -0.25) is 4.79 Å². The zero-order valence-corrected chi connectivity index (χ0v) is 16.1. The van der Waals surface area contributed by atoms with E-state index in [2.05, 4.69) is 5.32 Å². The lowest BCUT2D eigenvalue weighted by Gasteiger charge is -2.13. The van der Waals surface area contributed by atoms with E-state index < -0.39 is 15.9 Å². The maximum Gasteiger partial charge on any atom is 0.252 e. The monoisotopic (exact) mass is 396 g/mol. The summed E-state index contributed by atoms with van der Waals surface area (Å²) in [5, 5.41) is 12.2. The molecule has 26 heavy (non-hydrogen) atoms. The van der Waals surface area contributed by atoms with E-state index in [0.717, 1.165) is 16.3 Å². The van der Waals surface area contributed by atoms with Gasteiger partial charge in [-0.1, -0.05) is 23.7 Å². The number of aryl methyl sites for hydroxylation is 1. The Morgan fingerprint density at radius 1 is 1.15 bits per heavy atom. The fourth-order valence-corrected chi connectivity index (χ4v) is 3.43. The number of phenolic OH excluding ortho intramolecular Hbond substituents is 1. The number of benzene rings is 2. The molecule has 0 unspecified atom stereocenters. The maximum atomic E-state index is 12.3. The molecular formula is C18H21ClN2O4S. The highest BCUT2D eigenvalue weighted by atomic mass is 35.5. The van der Waals surface area contributed by atoms with Crippen LogP contribution in [0.4, 0.5) is 0 Å². The van der Waals surface area contributed by atoms with Crippen LogP contribution in [-0.4, -0.2) is 44.4 Å². The number of hydrogen-bond donors (Lipinski definition) is 2. The Hall–Kier alpha value is -2.09. The van der Waals surface area contributed by atoms with Gasteiger partial charge in [-0.25, -0.2) is 12.7 Å². The van der Waals surface area contributed by atoms with Crippen molar-refractivity contribution >= 4 is 27.5 Å². The Morgan fingerprint density at radius 2 is 1.81 bits per heavy atom. The molecule has 1 amide bonds.